The third-order valence-corrected chi connectivity index (χ3v) is 3.80. The van der Waals surface area contributed by atoms with Crippen molar-refractivity contribution in [1.29, 1.82) is 0 Å². The van der Waals surface area contributed by atoms with Gasteiger partial charge in [0.25, 0.3) is 0 Å². The zero-order valence-corrected chi connectivity index (χ0v) is 8.99. The number of fused-ring (bicyclic) bond motifs is 2. The van der Waals surface area contributed by atoms with E-state index >= 15 is 0 Å². The van der Waals surface area contributed by atoms with Crippen molar-refractivity contribution in [2.24, 2.45) is 17.8 Å². The first-order valence-corrected chi connectivity index (χ1v) is 5.60. The van der Waals surface area contributed by atoms with Crippen LogP contribution < -0.4 is 5.32 Å². The lowest BCUT2D eigenvalue weighted by Crippen LogP contribution is -2.44. The zero-order valence-electron chi connectivity index (χ0n) is 8.99. The Morgan fingerprint density at radius 2 is 2.20 bits per heavy atom. The minimum absolute atomic E-state index is 0.155. The molecule has 4 unspecified atom stereocenters. The van der Waals surface area contributed by atoms with Gasteiger partial charge < -0.3 is 10.4 Å². The molecule has 82 valence electrons. The first-order chi connectivity index (χ1) is 7.24. The van der Waals surface area contributed by atoms with Crippen LogP contribution in [0.2, 0.25) is 0 Å². The van der Waals surface area contributed by atoms with Crippen molar-refractivity contribution in [2.45, 2.75) is 32.2 Å². The number of carboxylic acids is 1. The fourth-order valence-electron chi connectivity index (χ4n) is 3.20. The van der Waals surface area contributed by atoms with Gasteiger partial charge in [0.05, 0.1) is 12.5 Å². The molecular formula is C12H17NO2. The maximum Gasteiger partial charge on any atom is 0.308 e. The van der Waals surface area contributed by atoms with Crippen LogP contribution in [0.4, 0.5) is 0 Å². The van der Waals surface area contributed by atoms with Gasteiger partial charge in [-0.25, -0.2) is 0 Å². The molecule has 0 heterocycles. The molecule has 0 amide bonds. The van der Waals surface area contributed by atoms with Gasteiger partial charge >= 0.3 is 5.97 Å². The topological polar surface area (TPSA) is 49.3 Å². The predicted molar refractivity (Wildman–Crippen MR) is 57.2 cm³/mol. The summed E-state index contributed by atoms with van der Waals surface area (Å²) in [4.78, 5) is 11.2. The van der Waals surface area contributed by atoms with E-state index in [0.29, 0.717) is 18.4 Å². The highest BCUT2D eigenvalue weighted by atomic mass is 16.4. The van der Waals surface area contributed by atoms with Crippen LogP contribution in [0.5, 0.6) is 0 Å². The molecule has 2 bridgehead atoms. The lowest BCUT2D eigenvalue weighted by molar-refractivity contribution is -0.144. The SMILES string of the molecule is CC#CCNC1C2CCC(C2)C1C(=O)O. The van der Waals surface area contributed by atoms with E-state index in [2.05, 4.69) is 17.2 Å². The van der Waals surface area contributed by atoms with Crippen molar-refractivity contribution >= 4 is 5.97 Å². The minimum Gasteiger partial charge on any atom is -0.481 e. The molecule has 15 heavy (non-hydrogen) atoms. The molecule has 2 saturated carbocycles. The van der Waals surface area contributed by atoms with Crippen molar-refractivity contribution in [3.8, 4) is 11.8 Å². The van der Waals surface area contributed by atoms with E-state index in [1.807, 2.05) is 0 Å². The van der Waals surface area contributed by atoms with Gasteiger partial charge in [-0.2, -0.15) is 0 Å². The fraction of sp³-hybridized carbons (Fsp3) is 0.750. The van der Waals surface area contributed by atoms with E-state index in [4.69, 9.17) is 0 Å². The fourth-order valence-corrected chi connectivity index (χ4v) is 3.20. The average Bonchev–Trinajstić information content (AvgIpc) is 2.77. The third kappa shape index (κ3) is 1.87. The second-order valence-electron chi connectivity index (χ2n) is 4.53. The van der Waals surface area contributed by atoms with Crippen LogP contribution in [0.15, 0.2) is 0 Å². The monoisotopic (exact) mass is 207 g/mol. The molecule has 2 N–H and O–H groups in total. The molecule has 4 atom stereocenters. The number of hydrogen-bond acceptors (Lipinski definition) is 2. The van der Waals surface area contributed by atoms with Gasteiger partial charge in [0.15, 0.2) is 0 Å². The van der Waals surface area contributed by atoms with Crippen molar-refractivity contribution in [1.82, 2.24) is 5.32 Å². The second-order valence-corrected chi connectivity index (χ2v) is 4.53. The summed E-state index contributed by atoms with van der Waals surface area (Å²) in [6, 6.07) is 0.155. The summed E-state index contributed by atoms with van der Waals surface area (Å²) in [7, 11) is 0. The number of carbonyl (C=O) groups is 1. The third-order valence-electron chi connectivity index (χ3n) is 3.80. The summed E-state index contributed by atoms with van der Waals surface area (Å²) in [5.74, 6) is 5.91. The van der Waals surface area contributed by atoms with Crippen LogP contribution in [0.3, 0.4) is 0 Å². The molecule has 2 aliphatic carbocycles. The van der Waals surface area contributed by atoms with Crippen molar-refractivity contribution in [3.63, 3.8) is 0 Å². The number of hydrogen-bond donors (Lipinski definition) is 2. The Morgan fingerprint density at radius 1 is 1.47 bits per heavy atom. The molecule has 2 fully saturated rings. The van der Waals surface area contributed by atoms with E-state index in [0.717, 1.165) is 12.8 Å². The highest BCUT2D eigenvalue weighted by Crippen LogP contribution is 2.48. The van der Waals surface area contributed by atoms with Gasteiger partial charge in [-0.05, 0) is 38.0 Å². The standard InChI is InChI=1S/C12H17NO2/c1-2-3-6-13-11-9-5-4-8(7-9)10(11)12(14)15/h8-11,13H,4-7H2,1H3,(H,14,15). The smallest absolute Gasteiger partial charge is 0.308 e. The number of nitrogens with one attached hydrogen (secondary N) is 1. The van der Waals surface area contributed by atoms with E-state index < -0.39 is 5.97 Å². The summed E-state index contributed by atoms with van der Waals surface area (Å²) in [6.07, 6.45) is 3.37. The van der Waals surface area contributed by atoms with E-state index in [1.54, 1.807) is 6.92 Å². The molecule has 0 aromatic carbocycles. The molecular weight excluding hydrogens is 190 g/mol. The van der Waals surface area contributed by atoms with Crippen molar-refractivity contribution < 1.29 is 9.90 Å². The zero-order chi connectivity index (χ0) is 10.8. The highest BCUT2D eigenvalue weighted by molar-refractivity contribution is 5.72. The van der Waals surface area contributed by atoms with Gasteiger partial charge in [-0.15, -0.1) is 5.92 Å². The van der Waals surface area contributed by atoms with E-state index in [9.17, 15) is 9.90 Å². The summed E-state index contributed by atoms with van der Waals surface area (Å²) in [5.41, 5.74) is 0. The van der Waals surface area contributed by atoms with Crippen LogP contribution in [-0.4, -0.2) is 23.7 Å². The molecule has 0 aliphatic heterocycles. The van der Waals surface area contributed by atoms with Crippen molar-refractivity contribution in [3.05, 3.63) is 0 Å². The van der Waals surface area contributed by atoms with Crippen LogP contribution in [0.1, 0.15) is 26.2 Å². The largest absolute Gasteiger partial charge is 0.481 e. The molecule has 0 saturated heterocycles. The Balaban J connectivity index is 2.01. The molecule has 0 aromatic heterocycles. The number of rotatable bonds is 3. The maximum absolute atomic E-state index is 11.2. The summed E-state index contributed by atoms with van der Waals surface area (Å²) < 4.78 is 0. The van der Waals surface area contributed by atoms with Gasteiger partial charge in [-0.1, -0.05) is 5.92 Å². The summed E-state index contributed by atoms with van der Waals surface area (Å²) in [6.45, 7) is 2.42. The van der Waals surface area contributed by atoms with Gasteiger partial charge in [0.1, 0.15) is 0 Å². The molecule has 0 spiro atoms. The Morgan fingerprint density at radius 3 is 2.87 bits per heavy atom. The minimum atomic E-state index is -0.635. The van der Waals surface area contributed by atoms with Gasteiger partial charge in [-0.3, -0.25) is 4.79 Å². The van der Waals surface area contributed by atoms with Crippen LogP contribution in [-0.2, 0) is 4.79 Å². The Hall–Kier alpha value is -1.01. The number of carboxylic acid groups (broad SMARTS) is 1. The molecule has 2 aliphatic rings. The molecule has 3 heteroatoms. The van der Waals surface area contributed by atoms with E-state index in [-0.39, 0.29) is 12.0 Å². The first kappa shape index (κ1) is 10.5. The quantitative estimate of drug-likeness (QED) is 0.681. The predicted octanol–water partition coefficient (Wildman–Crippen LogP) is 1.10. The van der Waals surface area contributed by atoms with Crippen LogP contribution >= 0.6 is 0 Å². The highest BCUT2D eigenvalue weighted by Gasteiger charge is 2.50. The number of aliphatic carboxylic acids is 1. The molecule has 0 aromatic rings. The summed E-state index contributed by atoms with van der Waals surface area (Å²) in [5, 5.41) is 12.5. The lowest BCUT2D eigenvalue weighted by Gasteiger charge is -2.28. The second kappa shape index (κ2) is 4.24. The normalized spacial score (nSPS) is 37.4. The van der Waals surface area contributed by atoms with Crippen LogP contribution in [0, 0.1) is 29.6 Å². The summed E-state index contributed by atoms with van der Waals surface area (Å²) >= 11 is 0. The van der Waals surface area contributed by atoms with Crippen LogP contribution in [0.25, 0.3) is 0 Å². The Bertz CT molecular complexity index is 315. The first-order valence-electron chi connectivity index (χ1n) is 5.60. The Kier molecular flexibility index (Phi) is 2.97. The van der Waals surface area contributed by atoms with E-state index in [1.165, 1.54) is 6.42 Å². The Labute approximate surface area is 90.2 Å². The molecule has 0 radical (unpaired) electrons. The van der Waals surface area contributed by atoms with Gasteiger partial charge in [0.2, 0.25) is 0 Å². The molecule has 2 rings (SSSR count). The van der Waals surface area contributed by atoms with Crippen molar-refractivity contribution in [2.75, 3.05) is 6.54 Å². The lowest BCUT2D eigenvalue weighted by atomic mass is 9.84. The average molecular weight is 207 g/mol. The maximum atomic E-state index is 11.2. The van der Waals surface area contributed by atoms with Gasteiger partial charge in [0, 0.05) is 6.04 Å². The molecule has 3 nitrogen and oxygen atoms in total.